The molecule has 0 aromatic carbocycles. The van der Waals surface area contributed by atoms with Crippen molar-refractivity contribution >= 4 is 11.9 Å². The third-order valence-corrected chi connectivity index (χ3v) is 3.25. The summed E-state index contributed by atoms with van der Waals surface area (Å²) in [4.78, 5) is 24.4. The van der Waals surface area contributed by atoms with Gasteiger partial charge in [-0.05, 0) is 27.7 Å². The third-order valence-electron chi connectivity index (χ3n) is 3.25. The molecule has 1 heterocycles. The molecule has 0 aliphatic rings. The number of amides is 1. The largest absolute Gasteiger partial charge is 0.480 e. The molecule has 0 bridgehead atoms. The van der Waals surface area contributed by atoms with Crippen molar-refractivity contribution in [2.75, 3.05) is 7.05 Å². The van der Waals surface area contributed by atoms with E-state index in [1.165, 1.54) is 25.8 Å². The summed E-state index contributed by atoms with van der Waals surface area (Å²) in [6.07, 6.45) is 0.0916. The second kappa shape index (κ2) is 4.80. The van der Waals surface area contributed by atoms with Gasteiger partial charge in [0, 0.05) is 12.6 Å². The van der Waals surface area contributed by atoms with Gasteiger partial charge in [-0.2, -0.15) is 0 Å². The summed E-state index contributed by atoms with van der Waals surface area (Å²) in [5.74, 6) is -0.740. The minimum atomic E-state index is -1.24. The van der Waals surface area contributed by atoms with Crippen molar-refractivity contribution in [2.24, 2.45) is 0 Å². The molecule has 1 aromatic heterocycles. The molecule has 0 unspecified atom stereocenters. The molecule has 1 rings (SSSR count). The zero-order valence-electron chi connectivity index (χ0n) is 11.3. The number of likely N-dealkylation sites (N-methyl/N-ethyl adjacent to an activating group) is 1. The number of carbonyl (C=O) groups excluding carboxylic acids is 1. The van der Waals surface area contributed by atoms with Crippen molar-refractivity contribution in [3.05, 3.63) is 17.0 Å². The van der Waals surface area contributed by atoms with Crippen molar-refractivity contribution in [1.29, 1.82) is 0 Å². The first-order valence-electron chi connectivity index (χ1n) is 5.59. The van der Waals surface area contributed by atoms with Gasteiger partial charge in [0.05, 0.1) is 12.1 Å². The van der Waals surface area contributed by atoms with Crippen LogP contribution in [-0.2, 0) is 16.0 Å². The maximum absolute atomic E-state index is 12.1. The van der Waals surface area contributed by atoms with E-state index in [1.807, 2.05) is 0 Å². The van der Waals surface area contributed by atoms with Crippen LogP contribution in [0.3, 0.4) is 0 Å². The SMILES string of the molecule is Cc1noc(C)c1CC(=O)N(C)C(C)(C)C(=O)O. The van der Waals surface area contributed by atoms with Crippen LogP contribution in [0, 0.1) is 13.8 Å². The number of hydrogen-bond acceptors (Lipinski definition) is 4. The number of carboxylic acids is 1. The fraction of sp³-hybridized carbons (Fsp3) is 0.583. The van der Waals surface area contributed by atoms with Gasteiger partial charge in [0.1, 0.15) is 11.3 Å². The molecular weight excluding hydrogens is 236 g/mol. The minimum Gasteiger partial charge on any atom is -0.480 e. The number of hydrogen-bond donors (Lipinski definition) is 1. The van der Waals surface area contributed by atoms with Crippen molar-refractivity contribution in [1.82, 2.24) is 10.1 Å². The number of carboxylic acid groups (broad SMARTS) is 1. The maximum atomic E-state index is 12.1. The van der Waals surface area contributed by atoms with E-state index in [0.717, 1.165) is 0 Å². The molecule has 0 spiro atoms. The molecule has 0 aliphatic heterocycles. The quantitative estimate of drug-likeness (QED) is 0.871. The first-order valence-corrected chi connectivity index (χ1v) is 5.59. The molecule has 6 nitrogen and oxygen atoms in total. The van der Waals surface area contributed by atoms with Crippen LogP contribution in [0.1, 0.15) is 30.9 Å². The molecule has 0 aliphatic carbocycles. The fourth-order valence-electron chi connectivity index (χ4n) is 1.48. The molecule has 18 heavy (non-hydrogen) atoms. The minimum absolute atomic E-state index is 0.0916. The van der Waals surface area contributed by atoms with E-state index in [1.54, 1.807) is 13.8 Å². The van der Waals surface area contributed by atoms with Crippen LogP contribution in [0.25, 0.3) is 0 Å². The van der Waals surface area contributed by atoms with Crippen molar-refractivity contribution in [3.63, 3.8) is 0 Å². The Kier molecular flexibility index (Phi) is 3.79. The monoisotopic (exact) mass is 254 g/mol. The first-order chi connectivity index (χ1) is 8.17. The standard InChI is InChI=1S/C12H18N2O4/c1-7-9(8(2)18-13-7)6-10(15)14(5)12(3,4)11(16)17/h6H2,1-5H3,(H,16,17). The van der Waals surface area contributed by atoms with Crippen LogP contribution in [0.2, 0.25) is 0 Å². The third kappa shape index (κ3) is 2.52. The number of aliphatic carboxylic acids is 1. The van der Waals surface area contributed by atoms with E-state index >= 15 is 0 Å². The topological polar surface area (TPSA) is 83.6 Å². The molecule has 0 radical (unpaired) electrons. The number of aromatic nitrogens is 1. The summed E-state index contributed by atoms with van der Waals surface area (Å²) in [5, 5.41) is 12.8. The Labute approximate surface area is 106 Å². The summed E-state index contributed by atoms with van der Waals surface area (Å²) >= 11 is 0. The van der Waals surface area contributed by atoms with Crippen LogP contribution in [0.4, 0.5) is 0 Å². The zero-order valence-corrected chi connectivity index (χ0v) is 11.3. The van der Waals surface area contributed by atoms with Crippen LogP contribution in [0.15, 0.2) is 4.52 Å². The Balaban J connectivity index is 2.87. The van der Waals surface area contributed by atoms with Crippen molar-refractivity contribution < 1.29 is 19.2 Å². The van der Waals surface area contributed by atoms with Gasteiger partial charge in [-0.15, -0.1) is 0 Å². The predicted octanol–water partition coefficient (Wildman–Crippen LogP) is 1.16. The second-order valence-corrected chi connectivity index (χ2v) is 4.80. The molecule has 6 heteroatoms. The summed E-state index contributed by atoms with van der Waals surface area (Å²) in [5.41, 5.74) is 0.131. The van der Waals surface area contributed by atoms with Crippen LogP contribution >= 0.6 is 0 Å². The highest BCUT2D eigenvalue weighted by atomic mass is 16.5. The van der Waals surface area contributed by atoms with Crippen LogP contribution in [-0.4, -0.2) is 39.6 Å². The Morgan fingerprint density at radius 2 is 1.94 bits per heavy atom. The summed E-state index contributed by atoms with van der Waals surface area (Å²) < 4.78 is 4.97. The molecule has 0 atom stereocenters. The van der Waals surface area contributed by atoms with E-state index in [2.05, 4.69) is 5.16 Å². The van der Waals surface area contributed by atoms with E-state index in [9.17, 15) is 9.59 Å². The number of rotatable bonds is 4. The molecule has 100 valence electrons. The lowest BCUT2D eigenvalue weighted by molar-refractivity contribution is -0.155. The van der Waals surface area contributed by atoms with Crippen molar-refractivity contribution in [3.8, 4) is 0 Å². The average Bonchev–Trinajstić information content (AvgIpc) is 2.59. The number of aryl methyl sites for hydroxylation is 2. The fourth-order valence-corrected chi connectivity index (χ4v) is 1.48. The highest BCUT2D eigenvalue weighted by molar-refractivity contribution is 5.87. The molecule has 1 N–H and O–H groups in total. The molecule has 0 saturated carbocycles. The Morgan fingerprint density at radius 1 is 1.39 bits per heavy atom. The Bertz CT molecular complexity index is 457. The van der Waals surface area contributed by atoms with Gasteiger partial charge in [-0.25, -0.2) is 4.79 Å². The lowest BCUT2D eigenvalue weighted by Gasteiger charge is -2.31. The lowest BCUT2D eigenvalue weighted by atomic mass is 10.0. The summed E-state index contributed by atoms with van der Waals surface area (Å²) in [6, 6.07) is 0. The summed E-state index contributed by atoms with van der Waals surface area (Å²) in [6.45, 7) is 6.45. The lowest BCUT2D eigenvalue weighted by Crippen LogP contribution is -2.51. The van der Waals surface area contributed by atoms with Gasteiger partial charge in [0.2, 0.25) is 5.91 Å². The highest BCUT2D eigenvalue weighted by Crippen LogP contribution is 2.18. The van der Waals surface area contributed by atoms with Crippen molar-refractivity contribution in [2.45, 2.75) is 39.7 Å². The summed E-state index contributed by atoms with van der Waals surface area (Å²) in [7, 11) is 1.48. The maximum Gasteiger partial charge on any atom is 0.329 e. The van der Waals surface area contributed by atoms with Crippen LogP contribution < -0.4 is 0 Å². The number of carbonyl (C=O) groups is 2. The second-order valence-electron chi connectivity index (χ2n) is 4.80. The van der Waals surface area contributed by atoms with Gasteiger partial charge in [0.25, 0.3) is 0 Å². The molecular formula is C12H18N2O4. The molecule has 1 aromatic rings. The number of nitrogens with zero attached hydrogens (tertiary/aromatic N) is 2. The molecule has 0 saturated heterocycles. The molecule has 1 amide bonds. The van der Waals surface area contributed by atoms with E-state index < -0.39 is 11.5 Å². The van der Waals surface area contributed by atoms with Gasteiger partial charge in [0.15, 0.2) is 0 Å². The van der Waals surface area contributed by atoms with E-state index in [4.69, 9.17) is 9.63 Å². The van der Waals surface area contributed by atoms with Gasteiger partial charge < -0.3 is 14.5 Å². The van der Waals surface area contributed by atoms with Gasteiger partial charge in [-0.3, -0.25) is 4.79 Å². The normalized spacial score (nSPS) is 11.4. The Hall–Kier alpha value is -1.85. The van der Waals surface area contributed by atoms with Gasteiger partial charge >= 0.3 is 5.97 Å². The predicted molar refractivity (Wildman–Crippen MR) is 64.2 cm³/mol. The zero-order chi connectivity index (χ0) is 14.1. The smallest absolute Gasteiger partial charge is 0.329 e. The first kappa shape index (κ1) is 14.2. The van der Waals surface area contributed by atoms with E-state index in [-0.39, 0.29) is 12.3 Å². The van der Waals surface area contributed by atoms with Crippen LogP contribution in [0.5, 0.6) is 0 Å². The average molecular weight is 254 g/mol. The molecule has 0 fully saturated rings. The van der Waals surface area contributed by atoms with E-state index in [0.29, 0.717) is 17.0 Å². The Morgan fingerprint density at radius 3 is 2.33 bits per heavy atom. The van der Waals surface area contributed by atoms with Gasteiger partial charge in [-0.1, -0.05) is 5.16 Å². The highest BCUT2D eigenvalue weighted by Gasteiger charge is 2.35.